The molecule has 4 aromatic carbocycles. The van der Waals surface area contributed by atoms with Crippen molar-refractivity contribution < 1.29 is 27.0 Å². The van der Waals surface area contributed by atoms with Crippen LogP contribution in [0.15, 0.2) is 84.9 Å². The lowest BCUT2D eigenvalue weighted by molar-refractivity contribution is -0.137. The number of aromatic amines is 2. The molecular weight excluding hydrogens is 604 g/mol. The third-order valence-corrected chi connectivity index (χ3v) is 6.69. The Bertz CT molecular complexity index is 1830. The first-order chi connectivity index (χ1) is 22.0. The molecule has 0 spiro atoms. The molecule has 8 N–H and O–H groups in total. The zero-order chi connectivity index (χ0) is 32.8. The van der Waals surface area contributed by atoms with Crippen LogP contribution in [0.25, 0.3) is 44.8 Å². The lowest BCUT2D eigenvalue weighted by Crippen LogP contribution is -2.10. The second-order valence-corrected chi connectivity index (χ2v) is 9.96. The second kappa shape index (κ2) is 13.9. The Morgan fingerprint density at radius 2 is 1.17 bits per heavy atom. The molecule has 0 radical (unpaired) electrons. The van der Waals surface area contributed by atoms with Gasteiger partial charge in [0.25, 0.3) is 6.43 Å². The van der Waals surface area contributed by atoms with Gasteiger partial charge < -0.3 is 30.9 Å². The summed E-state index contributed by atoms with van der Waals surface area (Å²) in [6, 6.07) is 24.3. The van der Waals surface area contributed by atoms with Gasteiger partial charge >= 0.3 is 6.61 Å². The number of alkyl halides is 4. The van der Waals surface area contributed by atoms with Gasteiger partial charge in [0.2, 0.25) is 0 Å². The molecule has 2 aromatic heterocycles. The summed E-state index contributed by atoms with van der Waals surface area (Å²) in [4.78, 5) is 15.2. The summed E-state index contributed by atoms with van der Waals surface area (Å²) < 4.78 is 57.4. The van der Waals surface area contributed by atoms with Crippen LogP contribution in [0, 0.1) is 10.8 Å². The zero-order valence-electron chi connectivity index (χ0n) is 24.0. The van der Waals surface area contributed by atoms with E-state index in [1.54, 1.807) is 84.9 Å². The highest BCUT2D eigenvalue weighted by molar-refractivity contribution is 5.99. The number of aromatic nitrogens is 4. The van der Waals surface area contributed by atoms with E-state index in [-0.39, 0.29) is 18.3 Å². The van der Waals surface area contributed by atoms with Crippen molar-refractivity contribution in [2.45, 2.75) is 19.6 Å². The number of benzene rings is 4. The number of nitrogen functional groups attached to an aromatic ring is 2. The average molecular weight is 633 g/mol. The molecule has 0 fully saturated rings. The number of halogens is 4. The number of nitrogens with two attached hydrogens (primary N) is 2. The zero-order valence-corrected chi connectivity index (χ0v) is 24.0. The summed E-state index contributed by atoms with van der Waals surface area (Å²) >= 11 is 0. The Morgan fingerprint density at radius 1 is 0.696 bits per heavy atom. The lowest BCUT2D eigenvalue weighted by Gasteiger charge is -2.05. The molecule has 0 saturated heterocycles. The van der Waals surface area contributed by atoms with E-state index < -0.39 is 19.6 Å². The van der Waals surface area contributed by atoms with Gasteiger partial charge in [-0.1, -0.05) is 24.3 Å². The number of nitrogens with one attached hydrogen (secondary N) is 4. The molecule has 2 heterocycles. The number of ether oxygens (including phenoxy) is 2. The molecule has 0 aliphatic heterocycles. The number of hydrogen-bond acceptors (Lipinski definition) is 6. The van der Waals surface area contributed by atoms with Crippen molar-refractivity contribution in [3.63, 3.8) is 0 Å². The van der Waals surface area contributed by atoms with E-state index in [0.29, 0.717) is 34.1 Å². The largest absolute Gasteiger partial charge is 0.488 e. The van der Waals surface area contributed by atoms with Crippen LogP contribution in [0.1, 0.15) is 16.7 Å². The number of amidine groups is 2. The van der Waals surface area contributed by atoms with Crippen molar-refractivity contribution in [3.8, 4) is 28.5 Å². The quantitative estimate of drug-likeness (QED) is 0.0578. The van der Waals surface area contributed by atoms with E-state index in [1.165, 1.54) is 0 Å². The Labute approximate surface area is 259 Å². The van der Waals surface area contributed by atoms with Gasteiger partial charge in [-0.2, -0.15) is 8.78 Å². The topological polar surface area (TPSA) is 176 Å². The molecule has 0 atom stereocenters. The van der Waals surface area contributed by atoms with E-state index in [2.05, 4.69) is 24.7 Å². The van der Waals surface area contributed by atoms with Gasteiger partial charge in [-0.05, 0) is 66.2 Å². The van der Waals surface area contributed by atoms with E-state index in [0.717, 1.165) is 33.2 Å². The van der Waals surface area contributed by atoms with Gasteiger partial charge in [-0.15, -0.1) is 0 Å². The Kier molecular flexibility index (Phi) is 9.57. The first-order valence-electron chi connectivity index (χ1n) is 13.7. The molecule has 6 aromatic rings. The van der Waals surface area contributed by atoms with Crippen LogP contribution < -0.4 is 16.2 Å². The minimum Gasteiger partial charge on any atom is -0.488 e. The molecule has 0 unspecified atom stereocenters. The number of imidazole rings is 2. The fourth-order valence-corrected chi connectivity index (χ4v) is 4.41. The first-order valence-corrected chi connectivity index (χ1v) is 13.7. The van der Waals surface area contributed by atoms with Crippen molar-refractivity contribution in [3.05, 3.63) is 102 Å². The van der Waals surface area contributed by atoms with Gasteiger partial charge in [0.1, 0.15) is 35.7 Å². The minimum absolute atomic E-state index is 0.00793. The molecule has 0 bridgehead atoms. The van der Waals surface area contributed by atoms with Crippen molar-refractivity contribution in [1.29, 1.82) is 10.8 Å². The molecule has 46 heavy (non-hydrogen) atoms. The highest BCUT2D eigenvalue weighted by atomic mass is 19.3. The van der Waals surface area contributed by atoms with Crippen LogP contribution in [0.3, 0.4) is 0 Å². The smallest absolute Gasteiger partial charge is 0.345 e. The fourth-order valence-electron chi connectivity index (χ4n) is 4.41. The highest BCUT2D eigenvalue weighted by Gasteiger charge is 2.10. The monoisotopic (exact) mass is 632 g/mol. The Hall–Kier alpha value is -5.76. The molecule has 14 heteroatoms. The van der Waals surface area contributed by atoms with Crippen molar-refractivity contribution in [1.82, 2.24) is 19.9 Å². The highest BCUT2D eigenvalue weighted by Crippen LogP contribution is 2.24. The van der Waals surface area contributed by atoms with Crippen molar-refractivity contribution in [2.24, 2.45) is 11.5 Å². The van der Waals surface area contributed by atoms with Crippen LogP contribution in [-0.4, -0.2) is 51.3 Å². The van der Waals surface area contributed by atoms with Crippen LogP contribution in [-0.2, 0) is 11.3 Å². The van der Waals surface area contributed by atoms with Crippen LogP contribution >= 0.6 is 0 Å². The summed E-state index contributed by atoms with van der Waals surface area (Å²) in [6.07, 6.45) is -2.50. The summed E-state index contributed by atoms with van der Waals surface area (Å²) in [5.41, 5.74) is 17.5. The average Bonchev–Trinajstić information content (AvgIpc) is 3.67. The molecule has 0 aliphatic rings. The molecule has 0 amide bonds. The molecule has 10 nitrogen and oxygen atoms in total. The summed E-state index contributed by atoms with van der Waals surface area (Å²) in [5.74, 6) is 1.65. The molecule has 0 saturated carbocycles. The number of fused-ring (bicyclic) bond motifs is 2. The van der Waals surface area contributed by atoms with Crippen LogP contribution in [0.4, 0.5) is 17.6 Å². The standard InChI is InChI=1S/2C16H14F2N4O/c17-14(18)8-23-11-4-1-9(2-5-11)16-21-12-6-3-10(15(19)20)7-13(12)22-16;17-16(18)23-8-9-1-3-10(4-2-9)15-21-12-6-5-11(14(19)20)7-13(12)22-15/h1-7,14H,8H2,(H3,19,20)(H,21,22);1-7,16H,8H2,(H3,19,20)(H,21,22). The fraction of sp³-hybridized carbons (Fsp3) is 0.125. The normalized spacial score (nSPS) is 11.2. The number of nitrogens with zero attached hydrogens (tertiary/aromatic N) is 2. The van der Waals surface area contributed by atoms with E-state index in [4.69, 9.17) is 27.0 Å². The summed E-state index contributed by atoms with van der Waals surface area (Å²) in [5, 5.41) is 14.9. The van der Waals surface area contributed by atoms with Gasteiger partial charge in [0.15, 0.2) is 0 Å². The Morgan fingerprint density at radius 3 is 1.61 bits per heavy atom. The van der Waals surface area contributed by atoms with E-state index >= 15 is 0 Å². The number of hydrogen-bond donors (Lipinski definition) is 6. The number of H-pyrrole nitrogens is 2. The predicted octanol–water partition coefficient (Wildman–Crippen LogP) is 6.41. The predicted molar refractivity (Wildman–Crippen MR) is 167 cm³/mol. The number of rotatable bonds is 10. The first kappa shape index (κ1) is 31.7. The molecular formula is C32H28F4N8O2. The Balaban J connectivity index is 0.000000181. The maximum atomic E-state index is 12.1. The van der Waals surface area contributed by atoms with Crippen LogP contribution in [0.5, 0.6) is 5.75 Å². The molecule has 236 valence electrons. The summed E-state index contributed by atoms with van der Waals surface area (Å²) in [7, 11) is 0. The summed E-state index contributed by atoms with van der Waals surface area (Å²) in [6.45, 7) is -3.54. The van der Waals surface area contributed by atoms with E-state index in [1.807, 2.05) is 0 Å². The minimum atomic E-state index is -2.78. The maximum Gasteiger partial charge on any atom is 0.345 e. The van der Waals surface area contributed by atoms with Gasteiger partial charge in [0.05, 0.1) is 28.7 Å². The van der Waals surface area contributed by atoms with Crippen molar-refractivity contribution in [2.75, 3.05) is 6.61 Å². The van der Waals surface area contributed by atoms with E-state index in [9.17, 15) is 17.6 Å². The van der Waals surface area contributed by atoms with Gasteiger partial charge in [0, 0.05) is 22.3 Å². The van der Waals surface area contributed by atoms with Gasteiger partial charge in [-0.3, -0.25) is 10.8 Å². The van der Waals surface area contributed by atoms with Crippen molar-refractivity contribution >= 4 is 33.7 Å². The SMILES string of the molecule is N=C(N)c1ccc2nc(-c3ccc(COC(F)F)cc3)[nH]c2c1.N=C(N)c1ccc2nc(-c3ccc(OCC(F)F)cc3)[nH]c2c1. The van der Waals surface area contributed by atoms with Gasteiger partial charge in [-0.25, -0.2) is 18.7 Å². The molecule has 0 aliphatic carbocycles. The van der Waals surface area contributed by atoms with Crippen LogP contribution in [0.2, 0.25) is 0 Å². The molecule has 6 rings (SSSR count). The third kappa shape index (κ3) is 7.84. The second-order valence-electron chi connectivity index (χ2n) is 9.96. The lowest BCUT2D eigenvalue weighted by atomic mass is 10.1. The third-order valence-electron chi connectivity index (χ3n) is 6.69. The maximum absolute atomic E-state index is 12.1.